The lowest BCUT2D eigenvalue weighted by atomic mass is 9.91. The van der Waals surface area contributed by atoms with E-state index in [1.54, 1.807) is 11.6 Å². The maximum absolute atomic E-state index is 12.6. The summed E-state index contributed by atoms with van der Waals surface area (Å²) in [5, 5.41) is 10.8. The molecule has 2 atom stereocenters. The monoisotopic (exact) mass is 393 g/mol. The van der Waals surface area contributed by atoms with Crippen LogP contribution in [0.5, 0.6) is 0 Å². The molecule has 0 radical (unpaired) electrons. The molecule has 1 aromatic carbocycles. The molecule has 0 N–H and O–H groups in total. The van der Waals surface area contributed by atoms with Crippen LogP contribution in [-0.2, 0) is 13.6 Å². The number of likely N-dealkylation sites (tertiary alicyclic amines) is 1. The SMILES string of the molecule is C[C@H]1CCC[C@@H](c2ccccc2)N1Cc1nnc2n(C)c(=O)c3sccc3n12. The van der Waals surface area contributed by atoms with Gasteiger partial charge >= 0.3 is 0 Å². The van der Waals surface area contributed by atoms with Crippen molar-refractivity contribution < 1.29 is 0 Å². The molecule has 144 valence electrons. The van der Waals surface area contributed by atoms with Gasteiger partial charge in [0.25, 0.3) is 5.56 Å². The molecule has 0 unspecified atom stereocenters. The molecule has 0 amide bonds. The average Bonchev–Trinajstić information content (AvgIpc) is 3.35. The molecule has 1 aliphatic rings. The Morgan fingerprint density at radius 3 is 2.79 bits per heavy atom. The number of rotatable bonds is 3. The van der Waals surface area contributed by atoms with Crippen molar-refractivity contribution in [3.8, 4) is 0 Å². The van der Waals surface area contributed by atoms with Crippen molar-refractivity contribution in [3.05, 3.63) is 63.5 Å². The lowest BCUT2D eigenvalue weighted by molar-refractivity contribution is 0.0811. The molecule has 1 fully saturated rings. The number of nitrogens with zero attached hydrogens (tertiary/aromatic N) is 5. The molecule has 0 aliphatic carbocycles. The van der Waals surface area contributed by atoms with Crippen LogP contribution in [0.15, 0.2) is 46.6 Å². The Bertz CT molecular complexity index is 1190. The van der Waals surface area contributed by atoms with Crippen LogP contribution in [0.25, 0.3) is 16.0 Å². The fourth-order valence-corrected chi connectivity index (χ4v) is 5.31. The molecule has 4 aromatic rings. The third-order valence-corrected chi connectivity index (χ3v) is 6.86. The van der Waals surface area contributed by atoms with Crippen LogP contribution >= 0.6 is 11.3 Å². The lowest BCUT2D eigenvalue weighted by Crippen LogP contribution is -2.40. The minimum absolute atomic E-state index is 0.00930. The van der Waals surface area contributed by atoms with Gasteiger partial charge in [-0.25, -0.2) is 0 Å². The molecular formula is C21H23N5OS. The van der Waals surface area contributed by atoms with Crippen LogP contribution in [0.4, 0.5) is 0 Å². The fraction of sp³-hybridized carbons (Fsp3) is 0.381. The summed E-state index contributed by atoms with van der Waals surface area (Å²) >= 11 is 1.48. The van der Waals surface area contributed by atoms with Crippen LogP contribution in [0, 0.1) is 0 Å². The van der Waals surface area contributed by atoms with Gasteiger partial charge in [0.1, 0.15) is 4.70 Å². The number of hydrogen-bond acceptors (Lipinski definition) is 5. The summed E-state index contributed by atoms with van der Waals surface area (Å²) in [6, 6.07) is 13.6. The zero-order chi connectivity index (χ0) is 19.3. The molecule has 0 saturated carbocycles. The van der Waals surface area contributed by atoms with Crippen molar-refractivity contribution in [1.82, 2.24) is 24.1 Å². The molecule has 5 rings (SSSR count). The quantitative estimate of drug-likeness (QED) is 0.532. The lowest BCUT2D eigenvalue weighted by Gasteiger charge is -2.40. The second-order valence-corrected chi connectivity index (χ2v) is 8.55. The van der Waals surface area contributed by atoms with E-state index in [1.807, 2.05) is 11.4 Å². The molecule has 6 nitrogen and oxygen atoms in total. The van der Waals surface area contributed by atoms with Gasteiger partial charge in [-0.15, -0.1) is 21.5 Å². The minimum Gasteiger partial charge on any atom is -0.286 e. The van der Waals surface area contributed by atoms with Crippen LogP contribution in [0.2, 0.25) is 0 Å². The topological polar surface area (TPSA) is 55.4 Å². The number of hydrogen-bond donors (Lipinski definition) is 0. The van der Waals surface area contributed by atoms with Gasteiger partial charge in [0, 0.05) is 19.1 Å². The first kappa shape index (κ1) is 17.6. The highest BCUT2D eigenvalue weighted by Crippen LogP contribution is 2.35. The zero-order valence-electron chi connectivity index (χ0n) is 16.1. The van der Waals surface area contributed by atoms with Crippen molar-refractivity contribution in [2.75, 3.05) is 0 Å². The Hall–Kier alpha value is -2.51. The summed E-state index contributed by atoms with van der Waals surface area (Å²) in [6.07, 6.45) is 3.57. The molecular weight excluding hydrogens is 370 g/mol. The number of aromatic nitrogens is 4. The van der Waals surface area contributed by atoms with Crippen molar-refractivity contribution in [2.45, 2.75) is 44.8 Å². The van der Waals surface area contributed by atoms with Crippen molar-refractivity contribution in [1.29, 1.82) is 0 Å². The number of benzene rings is 1. The maximum Gasteiger partial charge on any atom is 0.272 e. The predicted octanol–water partition coefficient (Wildman–Crippen LogP) is 3.76. The van der Waals surface area contributed by atoms with E-state index in [4.69, 9.17) is 0 Å². The van der Waals surface area contributed by atoms with Gasteiger partial charge < -0.3 is 0 Å². The van der Waals surface area contributed by atoms with E-state index in [9.17, 15) is 4.79 Å². The second-order valence-electron chi connectivity index (χ2n) is 7.63. The molecule has 1 saturated heterocycles. The largest absolute Gasteiger partial charge is 0.286 e. The smallest absolute Gasteiger partial charge is 0.272 e. The van der Waals surface area contributed by atoms with E-state index < -0.39 is 0 Å². The molecule has 0 spiro atoms. The normalized spacial score (nSPS) is 20.9. The first-order valence-electron chi connectivity index (χ1n) is 9.76. The third-order valence-electron chi connectivity index (χ3n) is 5.97. The Morgan fingerprint density at radius 1 is 1.14 bits per heavy atom. The Labute approximate surface area is 167 Å². The zero-order valence-corrected chi connectivity index (χ0v) is 16.9. The van der Waals surface area contributed by atoms with Gasteiger partial charge in [-0.3, -0.25) is 18.7 Å². The minimum atomic E-state index is -0.00930. The van der Waals surface area contributed by atoms with E-state index in [2.05, 4.69) is 56.8 Å². The highest BCUT2D eigenvalue weighted by molar-refractivity contribution is 7.17. The molecule has 1 aliphatic heterocycles. The highest BCUT2D eigenvalue weighted by Gasteiger charge is 2.30. The molecule has 28 heavy (non-hydrogen) atoms. The molecule has 7 heteroatoms. The van der Waals surface area contributed by atoms with E-state index in [0.29, 0.717) is 24.4 Å². The summed E-state index contributed by atoms with van der Waals surface area (Å²) in [5.74, 6) is 1.50. The molecule has 4 heterocycles. The summed E-state index contributed by atoms with van der Waals surface area (Å²) in [5.41, 5.74) is 2.25. The summed E-state index contributed by atoms with van der Waals surface area (Å²) in [7, 11) is 1.77. The number of thiophene rings is 1. The van der Waals surface area contributed by atoms with E-state index in [0.717, 1.165) is 22.5 Å². The van der Waals surface area contributed by atoms with E-state index in [1.165, 1.54) is 29.7 Å². The average molecular weight is 394 g/mol. The maximum atomic E-state index is 12.6. The van der Waals surface area contributed by atoms with Crippen LogP contribution in [0.1, 0.15) is 43.6 Å². The van der Waals surface area contributed by atoms with Gasteiger partial charge in [0.15, 0.2) is 5.82 Å². The second kappa shape index (κ2) is 6.83. The highest BCUT2D eigenvalue weighted by atomic mass is 32.1. The van der Waals surface area contributed by atoms with Crippen LogP contribution in [-0.4, -0.2) is 30.1 Å². The third kappa shape index (κ3) is 2.69. The van der Waals surface area contributed by atoms with Crippen molar-refractivity contribution in [2.24, 2.45) is 7.05 Å². The Morgan fingerprint density at radius 2 is 1.96 bits per heavy atom. The van der Waals surface area contributed by atoms with E-state index in [-0.39, 0.29) is 5.56 Å². The van der Waals surface area contributed by atoms with Gasteiger partial charge in [-0.2, -0.15) is 0 Å². The van der Waals surface area contributed by atoms with Crippen LogP contribution in [0.3, 0.4) is 0 Å². The first-order chi connectivity index (χ1) is 13.6. The van der Waals surface area contributed by atoms with E-state index >= 15 is 0 Å². The number of piperidine rings is 1. The summed E-state index contributed by atoms with van der Waals surface area (Å²) < 4.78 is 4.41. The number of fused-ring (bicyclic) bond motifs is 3. The summed E-state index contributed by atoms with van der Waals surface area (Å²) in [4.78, 5) is 15.1. The van der Waals surface area contributed by atoms with Crippen molar-refractivity contribution >= 4 is 27.3 Å². The van der Waals surface area contributed by atoms with Crippen LogP contribution < -0.4 is 5.56 Å². The van der Waals surface area contributed by atoms with Gasteiger partial charge in [0.2, 0.25) is 5.78 Å². The Balaban J connectivity index is 1.61. The molecule has 3 aromatic heterocycles. The summed E-state index contributed by atoms with van der Waals surface area (Å²) in [6.45, 7) is 3.01. The van der Waals surface area contributed by atoms with Gasteiger partial charge in [-0.05, 0) is 36.8 Å². The first-order valence-corrected chi connectivity index (χ1v) is 10.6. The van der Waals surface area contributed by atoms with Gasteiger partial charge in [-0.1, -0.05) is 36.8 Å². The standard InChI is InChI=1S/C21H23N5OS/c1-14-7-6-10-16(15-8-4-3-5-9-15)25(14)13-18-22-23-21-24(2)20(27)19-17(26(18)21)11-12-28-19/h3-5,8-9,11-12,14,16H,6-7,10,13H2,1-2H3/t14-,16-/m0/s1. The predicted molar refractivity (Wildman–Crippen MR) is 112 cm³/mol. The Kier molecular flexibility index (Phi) is 4.29. The van der Waals surface area contributed by atoms with Crippen molar-refractivity contribution in [3.63, 3.8) is 0 Å². The fourth-order valence-electron chi connectivity index (χ4n) is 4.46. The van der Waals surface area contributed by atoms with Gasteiger partial charge in [0.05, 0.1) is 12.1 Å². The molecule has 0 bridgehead atoms. The number of aryl methyl sites for hydroxylation is 1.